The predicted molar refractivity (Wildman–Crippen MR) is 164 cm³/mol. The van der Waals surface area contributed by atoms with Gasteiger partial charge in [-0.05, 0) is 91.9 Å². The molecule has 1 amide bonds. The van der Waals surface area contributed by atoms with Crippen molar-refractivity contribution < 1.29 is 19.0 Å². The standard InChI is InChI=1S/C34H45N3O4/c1-26(2)41-33-13-10-27(20-31(33)24-39-3)22-36-18-8-6-5-7-9-19-37(34(38)25-40-4)32-12-11-29(21-30(32)23-36)28-14-16-35-17-15-28/h10-17,20-21,26H,5-9,18-19,22-25H2,1-4H3. The number of amides is 1. The highest BCUT2D eigenvalue weighted by Crippen LogP contribution is 2.31. The number of methoxy groups -OCH3 is 2. The molecule has 7 nitrogen and oxygen atoms in total. The third-order valence-corrected chi connectivity index (χ3v) is 7.40. The maximum atomic E-state index is 13.3. The Bertz CT molecular complexity index is 1250. The van der Waals surface area contributed by atoms with Crippen LogP contribution in [0.4, 0.5) is 5.69 Å². The first-order valence-corrected chi connectivity index (χ1v) is 14.8. The first-order valence-electron chi connectivity index (χ1n) is 14.8. The molecule has 1 aromatic heterocycles. The molecule has 4 rings (SSSR count). The summed E-state index contributed by atoms with van der Waals surface area (Å²) in [7, 11) is 3.30. The summed E-state index contributed by atoms with van der Waals surface area (Å²) in [6, 6.07) is 17.0. The smallest absolute Gasteiger partial charge is 0.252 e. The minimum atomic E-state index is -0.000954. The molecule has 41 heavy (non-hydrogen) atoms. The van der Waals surface area contributed by atoms with Gasteiger partial charge in [-0.2, -0.15) is 0 Å². The Morgan fingerprint density at radius 3 is 2.37 bits per heavy atom. The van der Waals surface area contributed by atoms with Crippen molar-refractivity contribution >= 4 is 11.6 Å². The summed E-state index contributed by atoms with van der Waals surface area (Å²) in [6.45, 7) is 7.86. The SMILES string of the molecule is COCC(=O)N1CCCCCCCN(Cc2ccc(OC(C)C)c(COC)c2)Cc2cc(-c3ccncc3)ccc21. The molecule has 0 bridgehead atoms. The van der Waals surface area contributed by atoms with Gasteiger partial charge in [0.2, 0.25) is 0 Å². The topological polar surface area (TPSA) is 64.1 Å². The molecule has 2 heterocycles. The number of carbonyl (C=O) groups is 1. The maximum absolute atomic E-state index is 13.3. The number of ether oxygens (including phenoxy) is 3. The van der Waals surface area contributed by atoms with Gasteiger partial charge in [-0.1, -0.05) is 31.4 Å². The molecule has 0 fully saturated rings. The molecule has 1 aliphatic heterocycles. The monoisotopic (exact) mass is 559 g/mol. The van der Waals surface area contributed by atoms with E-state index in [0.29, 0.717) is 13.2 Å². The lowest BCUT2D eigenvalue weighted by Gasteiger charge is -2.30. The van der Waals surface area contributed by atoms with Gasteiger partial charge in [-0.3, -0.25) is 14.7 Å². The van der Waals surface area contributed by atoms with E-state index in [9.17, 15) is 4.79 Å². The zero-order valence-corrected chi connectivity index (χ0v) is 25.1. The van der Waals surface area contributed by atoms with E-state index in [0.717, 1.165) is 72.6 Å². The Labute approximate surface area is 245 Å². The average molecular weight is 560 g/mol. The molecular formula is C34H45N3O4. The van der Waals surface area contributed by atoms with E-state index in [-0.39, 0.29) is 18.6 Å². The summed E-state index contributed by atoms with van der Waals surface area (Å²) in [6.07, 6.45) is 9.33. The summed E-state index contributed by atoms with van der Waals surface area (Å²) in [5, 5.41) is 0. The lowest BCUT2D eigenvalue weighted by atomic mass is 10.00. The molecule has 0 spiro atoms. The molecule has 3 aromatic rings. The number of carbonyl (C=O) groups excluding carboxylic acids is 1. The maximum Gasteiger partial charge on any atom is 0.252 e. The number of anilines is 1. The fraction of sp³-hybridized carbons (Fsp3) is 0.471. The highest BCUT2D eigenvalue weighted by atomic mass is 16.5. The van der Waals surface area contributed by atoms with E-state index >= 15 is 0 Å². The second kappa shape index (κ2) is 15.7. The van der Waals surface area contributed by atoms with Crippen LogP contribution in [-0.4, -0.2) is 55.8 Å². The van der Waals surface area contributed by atoms with Crippen molar-refractivity contribution in [1.82, 2.24) is 9.88 Å². The van der Waals surface area contributed by atoms with Crippen LogP contribution in [0.2, 0.25) is 0 Å². The zero-order chi connectivity index (χ0) is 29.0. The van der Waals surface area contributed by atoms with E-state index in [1.807, 2.05) is 43.3 Å². The Hall–Kier alpha value is -3.26. The Kier molecular flexibility index (Phi) is 11.7. The second-order valence-corrected chi connectivity index (χ2v) is 11.1. The van der Waals surface area contributed by atoms with Crippen LogP contribution in [0, 0.1) is 0 Å². The second-order valence-electron chi connectivity index (χ2n) is 11.1. The van der Waals surface area contributed by atoms with Crippen molar-refractivity contribution in [3.8, 4) is 16.9 Å². The van der Waals surface area contributed by atoms with Gasteiger partial charge < -0.3 is 19.1 Å². The molecule has 7 heteroatoms. The van der Waals surface area contributed by atoms with Gasteiger partial charge in [-0.25, -0.2) is 0 Å². The molecule has 220 valence electrons. The van der Waals surface area contributed by atoms with Crippen molar-refractivity contribution in [2.24, 2.45) is 0 Å². The number of pyridine rings is 1. The molecule has 0 radical (unpaired) electrons. The molecule has 2 aromatic carbocycles. The predicted octanol–water partition coefficient (Wildman–Crippen LogP) is 6.63. The summed E-state index contributed by atoms with van der Waals surface area (Å²) >= 11 is 0. The Morgan fingerprint density at radius 2 is 1.63 bits per heavy atom. The van der Waals surface area contributed by atoms with Crippen LogP contribution in [0.1, 0.15) is 62.6 Å². The lowest BCUT2D eigenvalue weighted by Crippen LogP contribution is -2.36. The van der Waals surface area contributed by atoms with Gasteiger partial charge >= 0.3 is 0 Å². The van der Waals surface area contributed by atoms with Gasteiger partial charge in [0.15, 0.2) is 0 Å². The van der Waals surface area contributed by atoms with E-state index in [1.54, 1.807) is 14.2 Å². The number of rotatable bonds is 9. The lowest BCUT2D eigenvalue weighted by molar-refractivity contribution is -0.122. The number of benzene rings is 2. The number of hydrogen-bond donors (Lipinski definition) is 0. The van der Waals surface area contributed by atoms with Crippen LogP contribution >= 0.6 is 0 Å². The summed E-state index contributed by atoms with van der Waals surface area (Å²) in [5.74, 6) is 0.873. The molecule has 1 aliphatic rings. The summed E-state index contributed by atoms with van der Waals surface area (Å²) in [4.78, 5) is 21.9. The Morgan fingerprint density at radius 1 is 0.878 bits per heavy atom. The molecular weight excluding hydrogens is 514 g/mol. The molecule has 0 unspecified atom stereocenters. The third-order valence-electron chi connectivity index (χ3n) is 7.40. The van der Waals surface area contributed by atoms with Crippen LogP contribution in [0.15, 0.2) is 60.9 Å². The van der Waals surface area contributed by atoms with Crippen molar-refractivity contribution in [3.63, 3.8) is 0 Å². The van der Waals surface area contributed by atoms with E-state index in [1.165, 1.54) is 18.4 Å². The van der Waals surface area contributed by atoms with Gasteiger partial charge in [0.05, 0.1) is 12.7 Å². The number of nitrogens with zero attached hydrogens (tertiary/aromatic N) is 3. The number of hydrogen-bond acceptors (Lipinski definition) is 6. The molecule has 0 atom stereocenters. The highest BCUT2D eigenvalue weighted by molar-refractivity contribution is 5.95. The van der Waals surface area contributed by atoms with Crippen LogP contribution < -0.4 is 9.64 Å². The highest BCUT2D eigenvalue weighted by Gasteiger charge is 2.21. The quantitative estimate of drug-likeness (QED) is 0.293. The van der Waals surface area contributed by atoms with Crippen molar-refractivity contribution in [2.45, 2.75) is 71.8 Å². The van der Waals surface area contributed by atoms with Crippen molar-refractivity contribution in [1.29, 1.82) is 0 Å². The largest absolute Gasteiger partial charge is 0.491 e. The summed E-state index contributed by atoms with van der Waals surface area (Å²) < 4.78 is 16.8. The number of fused-ring (bicyclic) bond motifs is 1. The van der Waals surface area contributed by atoms with Gasteiger partial charge in [-0.15, -0.1) is 0 Å². The normalized spacial score (nSPS) is 15.2. The Balaban J connectivity index is 1.71. The van der Waals surface area contributed by atoms with Crippen LogP contribution in [-0.2, 0) is 34.0 Å². The molecule has 0 saturated heterocycles. The van der Waals surface area contributed by atoms with Gasteiger partial charge in [0.25, 0.3) is 5.91 Å². The van der Waals surface area contributed by atoms with E-state index in [4.69, 9.17) is 14.2 Å². The van der Waals surface area contributed by atoms with Crippen molar-refractivity contribution in [3.05, 3.63) is 77.6 Å². The van der Waals surface area contributed by atoms with Crippen LogP contribution in [0.25, 0.3) is 11.1 Å². The van der Waals surface area contributed by atoms with E-state index < -0.39 is 0 Å². The fourth-order valence-corrected chi connectivity index (χ4v) is 5.50. The van der Waals surface area contributed by atoms with Gasteiger partial charge in [0, 0.05) is 57.5 Å². The van der Waals surface area contributed by atoms with Crippen molar-refractivity contribution in [2.75, 3.05) is 38.8 Å². The van der Waals surface area contributed by atoms with Crippen LogP contribution in [0.5, 0.6) is 5.75 Å². The molecule has 0 N–H and O–H groups in total. The molecule has 0 aliphatic carbocycles. The van der Waals surface area contributed by atoms with Crippen LogP contribution in [0.3, 0.4) is 0 Å². The third kappa shape index (κ3) is 8.86. The first kappa shape index (κ1) is 30.7. The van der Waals surface area contributed by atoms with Gasteiger partial charge in [0.1, 0.15) is 12.4 Å². The fourth-order valence-electron chi connectivity index (χ4n) is 5.50. The minimum Gasteiger partial charge on any atom is -0.491 e. The summed E-state index contributed by atoms with van der Waals surface area (Å²) in [5.41, 5.74) is 6.62. The first-order chi connectivity index (χ1) is 20.0. The molecule has 0 saturated carbocycles. The van der Waals surface area contributed by atoms with E-state index in [2.05, 4.69) is 46.3 Å². The minimum absolute atomic E-state index is 0.000954. The number of aromatic nitrogens is 1. The average Bonchev–Trinajstić information content (AvgIpc) is 2.96. The zero-order valence-electron chi connectivity index (χ0n) is 25.1.